The number of hydrogen-bond donors (Lipinski definition) is 1. The molecule has 0 spiro atoms. The molecule has 0 aromatic carbocycles. The van der Waals surface area contributed by atoms with Crippen LogP contribution in [0.25, 0.3) is 0 Å². The summed E-state index contributed by atoms with van der Waals surface area (Å²) in [5.41, 5.74) is 0.380. The topological polar surface area (TPSA) is 53.4 Å². The minimum Gasteiger partial charge on any atom is -0.476 e. The van der Waals surface area contributed by atoms with Crippen LogP contribution in [0.4, 0.5) is 5.82 Å². The number of carbonyl (C=O) groups is 1. The summed E-state index contributed by atoms with van der Waals surface area (Å²) < 4.78 is 0. The molecule has 110 valence electrons. The number of rotatable bonds is 4. The number of carboxylic acids is 1. The molecule has 0 aliphatic carbocycles. The first-order chi connectivity index (χ1) is 9.51. The van der Waals surface area contributed by atoms with E-state index < -0.39 is 5.97 Å². The molecule has 4 nitrogen and oxygen atoms in total. The fraction of sp³-hybridized carbons (Fsp3) is 0.600. The summed E-state index contributed by atoms with van der Waals surface area (Å²) in [6, 6.07) is 3.43. The summed E-state index contributed by atoms with van der Waals surface area (Å²) in [6.07, 6.45) is 4.66. The molecule has 5 heteroatoms. The summed E-state index contributed by atoms with van der Waals surface area (Å²) in [6.45, 7) is 6.36. The average Bonchev–Trinajstić information content (AvgIpc) is 2.47. The quantitative estimate of drug-likeness (QED) is 0.917. The van der Waals surface area contributed by atoms with Gasteiger partial charge in [-0.15, -0.1) is 0 Å². The molecule has 1 N–H and O–H groups in total. The van der Waals surface area contributed by atoms with Crippen molar-refractivity contribution in [1.82, 2.24) is 4.98 Å². The summed E-state index contributed by atoms with van der Waals surface area (Å²) in [7, 11) is 0. The SMILES string of the molecule is CCC1(CC)CCN(c2ccc(Cl)c(C(=O)O)n2)CC1. The predicted octanol–water partition coefficient (Wildman–Crippen LogP) is 3.84. The van der Waals surface area contributed by atoms with E-state index >= 15 is 0 Å². The van der Waals surface area contributed by atoms with E-state index in [1.54, 1.807) is 12.1 Å². The monoisotopic (exact) mass is 296 g/mol. The van der Waals surface area contributed by atoms with Crippen LogP contribution in [-0.2, 0) is 0 Å². The summed E-state index contributed by atoms with van der Waals surface area (Å²) in [5, 5.41) is 9.27. The van der Waals surface area contributed by atoms with Crippen molar-refractivity contribution in [2.75, 3.05) is 18.0 Å². The number of pyridine rings is 1. The molecule has 1 aromatic rings. The van der Waals surface area contributed by atoms with E-state index in [-0.39, 0.29) is 10.7 Å². The molecule has 0 bridgehead atoms. The van der Waals surface area contributed by atoms with E-state index in [4.69, 9.17) is 16.7 Å². The van der Waals surface area contributed by atoms with Gasteiger partial charge in [-0.3, -0.25) is 0 Å². The lowest BCUT2D eigenvalue weighted by Crippen LogP contribution is -2.40. The average molecular weight is 297 g/mol. The number of aromatic carboxylic acids is 1. The zero-order valence-corrected chi connectivity index (χ0v) is 12.8. The number of nitrogens with zero attached hydrogens (tertiary/aromatic N) is 2. The van der Waals surface area contributed by atoms with Gasteiger partial charge < -0.3 is 10.0 Å². The third-order valence-corrected chi connectivity index (χ3v) is 4.99. The smallest absolute Gasteiger partial charge is 0.356 e. The molecule has 2 rings (SSSR count). The highest BCUT2D eigenvalue weighted by Gasteiger charge is 2.31. The van der Waals surface area contributed by atoms with Crippen LogP contribution in [0.3, 0.4) is 0 Å². The van der Waals surface area contributed by atoms with Gasteiger partial charge in [0.2, 0.25) is 0 Å². The van der Waals surface area contributed by atoms with Crippen molar-refractivity contribution in [3.05, 3.63) is 22.8 Å². The first-order valence-electron chi connectivity index (χ1n) is 7.16. The van der Waals surface area contributed by atoms with Crippen molar-refractivity contribution in [3.63, 3.8) is 0 Å². The van der Waals surface area contributed by atoms with Gasteiger partial charge >= 0.3 is 5.97 Å². The van der Waals surface area contributed by atoms with Gasteiger partial charge in [0.05, 0.1) is 5.02 Å². The molecule has 0 amide bonds. The number of halogens is 1. The molecule has 0 saturated carbocycles. The van der Waals surface area contributed by atoms with Crippen molar-refractivity contribution >= 4 is 23.4 Å². The van der Waals surface area contributed by atoms with Crippen LogP contribution in [0.5, 0.6) is 0 Å². The Kier molecular flexibility index (Phi) is 4.53. The number of hydrogen-bond acceptors (Lipinski definition) is 3. The Hall–Kier alpha value is -1.29. The highest BCUT2D eigenvalue weighted by atomic mass is 35.5. The predicted molar refractivity (Wildman–Crippen MR) is 80.7 cm³/mol. The van der Waals surface area contributed by atoms with E-state index in [1.807, 2.05) is 0 Å². The third kappa shape index (κ3) is 2.90. The van der Waals surface area contributed by atoms with Crippen molar-refractivity contribution in [1.29, 1.82) is 0 Å². The lowest BCUT2D eigenvalue weighted by molar-refractivity contribution is 0.0690. The highest BCUT2D eigenvalue weighted by Crippen LogP contribution is 2.38. The highest BCUT2D eigenvalue weighted by molar-refractivity contribution is 6.33. The Balaban J connectivity index is 2.15. The van der Waals surface area contributed by atoms with Crippen LogP contribution < -0.4 is 4.90 Å². The molecule has 2 heterocycles. The Labute approximate surface area is 124 Å². The molecule has 1 saturated heterocycles. The molecular weight excluding hydrogens is 276 g/mol. The Morgan fingerprint density at radius 2 is 1.95 bits per heavy atom. The van der Waals surface area contributed by atoms with Gasteiger partial charge in [-0.2, -0.15) is 0 Å². The minimum atomic E-state index is -1.08. The van der Waals surface area contributed by atoms with Gasteiger partial charge in [0, 0.05) is 13.1 Å². The number of piperidine rings is 1. The molecule has 1 aliphatic rings. The maximum Gasteiger partial charge on any atom is 0.356 e. The molecule has 20 heavy (non-hydrogen) atoms. The fourth-order valence-electron chi connectivity index (χ4n) is 2.93. The molecule has 1 aromatic heterocycles. The first kappa shape index (κ1) is 15.1. The van der Waals surface area contributed by atoms with Gasteiger partial charge in [0.1, 0.15) is 5.82 Å². The van der Waals surface area contributed by atoms with Crippen LogP contribution in [0.2, 0.25) is 5.02 Å². The summed E-state index contributed by atoms with van der Waals surface area (Å²) in [4.78, 5) is 17.4. The van der Waals surface area contributed by atoms with Crippen LogP contribution in [0.1, 0.15) is 50.0 Å². The molecule has 1 aliphatic heterocycles. The Morgan fingerprint density at radius 3 is 2.45 bits per heavy atom. The number of anilines is 1. The second-order valence-electron chi connectivity index (χ2n) is 5.50. The standard InChI is InChI=1S/C15H21ClN2O2/c1-3-15(4-2)7-9-18(10-8-15)12-6-5-11(16)13(17-12)14(19)20/h5-6H,3-4,7-10H2,1-2H3,(H,19,20). The van der Waals surface area contributed by atoms with Crippen LogP contribution in [0, 0.1) is 5.41 Å². The molecule has 1 fully saturated rings. The van der Waals surface area contributed by atoms with E-state index in [0.717, 1.165) is 25.9 Å². The van der Waals surface area contributed by atoms with Crippen molar-refractivity contribution < 1.29 is 9.90 Å². The lowest BCUT2D eigenvalue weighted by Gasteiger charge is -2.41. The zero-order chi connectivity index (χ0) is 14.8. The molecular formula is C15H21ClN2O2. The minimum absolute atomic E-state index is 0.0630. The Bertz CT molecular complexity index is 491. The fourth-order valence-corrected chi connectivity index (χ4v) is 3.11. The van der Waals surface area contributed by atoms with Crippen molar-refractivity contribution in [2.45, 2.75) is 39.5 Å². The van der Waals surface area contributed by atoms with Crippen molar-refractivity contribution in [3.8, 4) is 0 Å². The van der Waals surface area contributed by atoms with Crippen LogP contribution >= 0.6 is 11.6 Å². The lowest BCUT2D eigenvalue weighted by atomic mass is 9.74. The largest absolute Gasteiger partial charge is 0.476 e. The third-order valence-electron chi connectivity index (χ3n) is 4.68. The normalized spacial score (nSPS) is 18.1. The van der Waals surface area contributed by atoms with E-state index in [2.05, 4.69) is 23.7 Å². The summed E-state index contributed by atoms with van der Waals surface area (Å²) >= 11 is 5.86. The molecule has 0 unspecified atom stereocenters. The van der Waals surface area contributed by atoms with Crippen LogP contribution in [-0.4, -0.2) is 29.1 Å². The zero-order valence-electron chi connectivity index (χ0n) is 12.0. The molecule has 0 radical (unpaired) electrons. The van der Waals surface area contributed by atoms with Gasteiger partial charge in [-0.1, -0.05) is 38.3 Å². The summed E-state index contributed by atoms with van der Waals surface area (Å²) in [5.74, 6) is -0.363. The van der Waals surface area contributed by atoms with Crippen molar-refractivity contribution in [2.24, 2.45) is 5.41 Å². The van der Waals surface area contributed by atoms with Crippen LogP contribution in [0.15, 0.2) is 12.1 Å². The second kappa shape index (κ2) is 6.00. The van der Waals surface area contributed by atoms with Gasteiger partial charge in [-0.25, -0.2) is 9.78 Å². The van der Waals surface area contributed by atoms with E-state index in [0.29, 0.717) is 11.2 Å². The molecule has 0 atom stereocenters. The van der Waals surface area contributed by atoms with Gasteiger partial charge in [-0.05, 0) is 30.4 Å². The van der Waals surface area contributed by atoms with E-state index in [9.17, 15) is 4.79 Å². The van der Waals surface area contributed by atoms with Gasteiger partial charge in [0.15, 0.2) is 5.69 Å². The maximum atomic E-state index is 11.1. The number of aromatic nitrogens is 1. The maximum absolute atomic E-state index is 11.1. The number of carboxylic acid groups (broad SMARTS) is 1. The Morgan fingerprint density at radius 1 is 1.35 bits per heavy atom. The van der Waals surface area contributed by atoms with E-state index in [1.165, 1.54) is 12.8 Å². The first-order valence-corrected chi connectivity index (χ1v) is 7.54. The van der Waals surface area contributed by atoms with Gasteiger partial charge in [0.25, 0.3) is 0 Å². The second-order valence-corrected chi connectivity index (χ2v) is 5.91.